The second kappa shape index (κ2) is 14.7. The SMILES string of the molecule is c1ccc(-c2ccc(-c3cc(-c4ccc5c6ccc(-c7ccc8ccc9ccc(-c%10ccccc%10)nc9c8n7)cc6c6ccccc6c5c4)nc(-c4ccccc4)n3)cc2)cc1. The second-order valence-corrected chi connectivity index (χ2v) is 15.8. The van der Waals surface area contributed by atoms with Crippen LogP contribution in [-0.2, 0) is 0 Å². The Hall–Kier alpha value is -8.34. The van der Waals surface area contributed by atoms with Crippen molar-refractivity contribution in [3.05, 3.63) is 218 Å². The van der Waals surface area contributed by atoms with Crippen LogP contribution in [0.25, 0.3) is 122 Å². The number of hydrogen-bond donors (Lipinski definition) is 0. The molecule has 0 amide bonds. The maximum atomic E-state index is 5.30. The van der Waals surface area contributed by atoms with Crippen molar-refractivity contribution < 1.29 is 0 Å². The summed E-state index contributed by atoms with van der Waals surface area (Å²) in [7, 11) is 0. The summed E-state index contributed by atoms with van der Waals surface area (Å²) < 4.78 is 0. The minimum absolute atomic E-state index is 0.698. The molecule has 0 atom stereocenters. The van der Waals surface area contributed by atoms with Crippen molar-refractivity contribution in [2.75, 3.05) is 0 Å². The van der Waals surface area contributed by atoms with Crippen LogP contribution in [0.4, 0.5) is 0 Å². The predicted molar refractivity (Wildman–Crippen MR) is 258 cm³/mol. The van der Waals surface area contributed by atoms with Crippen LogP contribution in [-0.4, -0.2) is 19.9 Å². The van der Waals surface area contributed by atoms with E-state index in [-0.39, 0.29) is 0 Å². The molecule has 4 heteroatoms. The Bertz CT molecular complexity index is 3640. The lowest BCUT2D eigenvalue weighted by Gasteiger charge is -2.14. The van der Waals surface area contributed by atoms with E-state index >= 15 is 0 Å². The molecule has 3 aromatic heterocycles. The molecule has 4 nitrogen and oxygen atoms in total. The van der Waals surface area contributed by atoms with Crippen LogP contribution < -0.4 is 0 Å². The zero-order valence-corrected chi connectivity index (χ0v) is 33.6. The molecule has 0 N–H and O–H groups in total. The number of benzene rings is 9. The Balaban J connectivity index is 0.979. The molecule has 0 spiro atoms. The van der Waals surface area contributed by atoms with Gasteiger partial charge in [0, 0.05) is 38.6 Å². The highest BCUT2D eigenvalue weighted by Gasteiger charge is 2.16. The quantitative estimate of drug-likeness (QED) is 0.158. The molecule has 62 heavy (non-hydrogen) atoms. The van der Waals surface area contributed by atoms with Crippen molar-refractivity contribution >= 4 is 54.1 Å². The van der Waals surface area contributed by atoms with E-state index in [1.807, 2.05) is 30.3 Å². The number of rotatable bonds is 6. The minimum Gasteiger partial charge on any atom is -0.245 e. The molecule has 12 aromatic rings. The maximum Gasteiger partial charge on any atom is 0.160 e. The number of aromatic nitrogens is 4. The van der Waals surface area contributed by atoms with E-state index < -0.39 is 0 Å². The third kappa shape index (κ3) is 6.25. The van der Waals surface area contributed by atoms with Gasteiger partial charge in [-0.3, -0.25) is 0 Å². The van der Waals surface area contributed by atoms with E-state index in [0.29, 0.717) is 5.82 Å². The standard InChI is InChI=1S/C58H36N4/c1-4-12-37(13-5-1)38-20-22-40(23-21-38)54-36-55(62-58(61-54)43-16-8-3-9-17-43)45-27-31-49-48-30-26-44(34-50(48)46-18-10-11-19-47(46)51(49)35-45)53-33-29-42-25-24-41-28-32-52(39-14-6-2-7-15-39)59-56(41)57(42)60-53/h1-36H. The Labute approximate surface area is 358 Å². The molecule has 0 bridgehead atoms. The van der Waals surface area contributed by atoms with Crippen LogP contribution in [0.5, 0.6) is 0 Å². The van der Waals surface area contributed by atoms with Gasteiger partial charge >= 0.3 is 0 Å². The molecule has 288 valence electrons. The molecule has 0 aliphatic carbocycles. The number of fused-ring (bicyclic) bond motifs is 9. The summed E-state index contributed by atoms with van der Waals surface area (Å²) in [5, 5.41) is 9.29. The number of nitrogens with zero attached hydrogens (tertiary/aromatic N) is 4. The molecule has 0 radical (unpaired) electrons. The van der Waals surface area contributed by atoms with Crippen molar-refractivity contribution in [3.8, 4) is 67.5 Å². The second-order valence-electron chi connectivity index (χ2n) is 15.8. The zero-order valence-electron chi connectivity index (χ0n) is 33.6. The lowest BCUT2D eigenvalue weighted by Crippen LogP contribution is -1.96. The first kappa shape index (κ1) is 35.6. The number of pyridine rings is 2. The van der Waals surface area contributed by atoms with E-state index in [2.05, 4.69) is 188 Å². The Morgan fingerprint density at radius 1 is 0.210 bits per heavy atom. The van der Waals surface area contributed by atoms with Gasteiger partial charge in [-0.2, -0.15) is 0 Å². The summed E-state index contributed by atoms with van der Waals surface area (Å²) in [6.07, 6.45) is 0. The van der Waals surface area contributed by atoms with Crippen molar-refractivity contribution in [2.24, 2.45) is 0 Å². The van der Waals surface area contributed by atoms with E-state index in [0.717, 1.165) is 72.4 Å². The molecule has 0 fully saturated rings. The van der Waals surface area contributed by atoms with Gasteiger partial charge in [0.25, 0.3) is 0 Å². The van der Waals surface area contributed by atoms with Gasteiger partial charge < -0.3 is 0 Å². The number of hydrogen-bond acceptors (Lipinski definition) is 4. The van der Waals surface area contributed by atoms with Crippen LogP contribution in [0.15, 0.2) is 218 Å². The van der Waals surface area contributed by atoms with Gasteiger partial charge in [-0.15, -0.1) is 0 Å². The fourth-order valence-corrected chi connectivity index (χ4v) is 8.90. The molecule has 12 rings (SSSR count). The average molecular weight is 789 g/mol. The normalized spacial score (nSPS) is 11.5. The maximum absolute atomic E-state index is 5.30. The molecule has 0 saturated heterocycles. The van der Waals surface area contributed by atoms with Crippen molar-refractivity contribution in [1.82, 2.24) is 19.9 Å². The Kier molecular flexibility index (Phi) is 8.46. The fraction of sp³-hybridized carbons (Fsp3) is 0. The predicted octanol–water partition coefficient (Wildman–Crippen LogP) is 15.0. The van der Waals surface area contributed by atoms with Crippen LogP contribution in [0.1, 0.15) is 0 Å². The molecule has 0 saturated carbocycles. The molecule has 9 aromatic carbocycles. The molecule has 3 heterocycles. The van der Waals surface area contributed by atoms with E-state index in [1.165, 1.54) is 43.4 Å². The van der Waals surface area contributed by atoms with E-state index in [1.54, 1.807) is 0 Å². The van der Waals surface area contributed by atoms with Gasteiger partial charge in [-0.1, -0.05) is 188 Å². The van der Waals surface area contributed by atoms with Crippen molar-refractivity contribution in [2.45, 2.75) is 0 Å². The highest BCUT2D eigenvalue weighted by molar-refractivity contribution is 6.26. The van der Waals surface area contributed by atoms with Gasteiger partial charge in [-0.25, -0.2) is 19.9 Å². The van der Waals surface area contributed by atoms with E-state index in [9.17, 15) is 0 Å². The van der Waals surface area contributed by atoms with Gasteiger partial charge in [0.2, 0.25) is 0 Å². The zero-order chi connectivity index (χ0) is 41.0. The van der Waals surface area contributed by atoms with Gasteiger partial charge in [0.05, 0.1) is 33.8 Å². The Morgan fingerprint density at radius 2 is 0.581 bits per heavy atom. The van der Waals surface area contributed by atoms with Gasteiger partial charge in [0.1, 0.15) is 0 Å². The van der Waals surface area contributed by atoms with Crippen LogP contribution in [0.3, 0.4) is 0 Å². The third-order valence-corrected chi connectivity index (χ3v) is 12.1. The summed E-state index contributed by atoms with van der Waals surface area (Å²) in [6, 6.07) is 76.9. The summed E-state index contributed by atoms with van der Waals surface area (Å²) in [6.45, 7) is 0. The van der Waals surface area contributed by atoms with E-state index in [4.69, 9.17) is 19.9 Å². The first-order valence-corrected chi connectivity index (χ1v) is 21.0. The summed E-state index contributed by atoms with van der Waals surface area (Å²) in [4.78, 5) is 20.8. The fourth-order valence-electron chi connectivity index (χ4n) is 8.90. The third-order valence-electron chi connectivity index (χ3n) is 12.1. The smallest absolute Gasteiger partial charge is 0.160 e. The highest BCUT2D eigenvalue weighted by Crippen LogP contribution is 2.40. The van der Waals surface area contributed by atoms with Crippen LogP contribution >= 0.6 is 0 Å². The summed E-state index contributed by atoms with van der Waals surface area (Å²) in [5.41, 5.74) is 13.0. The molecule has 0 aliphatic heterocycles. The summed E-state index contributed by atoms with van der Waals surface area (Å²) in [5.74, 6) is 0.698. The van der Waals surface area contributed by atoms with Crippen molar-refractivity contribution in [1.29, 1.82) is 0 Å². The van der Waals surface area contributed by atoms with Crippen molar-refractivity contribution in [3.63, 3.8) is 0 Å². The van der Waals surface area contributed by atoms with Gasteiger partial charge in [0.15, 0.2) is 5.82 Å². The molecular weight excluding hydrogens is 753 g/mol. The highest BCUT2D eigenvalue weighted by atomic mass is 14.9. The van der Waals surface area contributed by atoms with Crippen LogP contribution in [0.2, 0.25) is 0 Å². The minimum atomic E-state index is 0.698. The van der Waals surface area contributed by atoms with Gasteiger partial charge in [-0.05, 0) is 73.8 Å². The summed E-state index contributed by atoms with van der Waals surface area (Å²) >= 11 is 0. The topological polar surface area (TPSA) is 51.6 Å². The largest absolute Gasteiger partial charge is 0.245 e. The molecule has 0 unspecified atom stereocenters. The average Bonchev–Trinajstić information content (AvgIpc) is 3.36. The molecule has 0 aliphatic rings. The van der Waals surface area contributed by atoms with Crippen LogP contribution in [0, 0.1) is 0 Å². The first-order valence-electron chi connectivity index (χ1n) is 21.0. The lowest BCUT2D eigenvalue weighted by atomic mass is 9.91. The monoisotopic (exact) mass is 788 g/mol. The Morgan fingerprint density at radius 3 is 1.15 bits per heavy atom. The first-order chi connectivity index (χ1) is 30.7. The molecular formula is C58H36N4. The lowest BCUT2D eigenvalue weighted by molar-refractivity contribution is 1.18.